The van der Waals surface area contributed by atoms with Gasteiger partial charge in [-0.2, -0.15) is 18.4 Å². The molecule has 0 aromatic heterocycles. The molecule has 1 aromatic rings. The monoisotopic (exact) mass is 242 g/mol. The maximum Gasteiger partial charge on any atom is 0.405 e. The van der Waals surface area contributed by atoms with Crippen LogP contribution in [0.25, 0.3) is 0 Å². The predicted molar refractivity (Wildman–Crippen MR) is 53.9 cm³/mol. The summed E-state index contributed by atoms with van der Waals surface area (Å²) in [6, 6.07) is 9.61. The van der Waals surface area contributed by atoms with Gasteiger partial charge in [0.15, 0.2) is 0 Å². The molecule has 1 amide bonds. The number of hydrogen-bond donors (Lipinski definition) is 1. The van der Waals surface area contributed by atoms with Gasteiger partial charge in [0.1, 0.15) is 12.5 Å². The molecule has 0 bridgehead atoms. The molecule has 0 spiro atoms. The second-order valence-corrected chi connectivity index (χ2v) is 3.31. The summed E-state index contributed by atoms with van der Waals surface area (Å²) < 4.78 is 35.7. The molecule has 1 atom stereocenters. The number of hydrogen-bond acceptors (Lipinski definition) is 2. The maximum absolute atomic E-state index is 11.9. The Labute approximate surface area is 95.9 Å². The standard InChI is InChI=1S/C11H9F3N2O/c12-11(13,14)7-16-10(17)9(6-15)8-4-2-1-3-5-8/h1-5,9H,7H2,(H,16,17). The lowest BCUT2D eigenvalue weighted by molar-refractivity contribution is -0.138. The molecule has 0 radical (unpaired) electrons. The summed E-state index contributed by atoms with van der Waals surface area (Å²) in [6.45, 7) is -1.43. The molecular formula is C11H9F3N2O. The number of carbonyl (C=O) groups is 1. The van der Waals surface area contributed by atoms with Crippen molar-refractivity contribution in [2.75, 3.05) is 6.54 Å². The lowest BCUT2D eigenvalue weighted by atomic mass is 10.00. The topological polar surface area (TPSA) is 52.9 Å². The molecule has 0 aliphatic rings. The van der Waals surface area contributed by atoms with Crippen LogP contribution in [0.5, 0.6) is 0 Å². The molecule has 17 heavy (non-hydrogen) atoms. The van der Waals surface area contributed by atoms with Crippen molar-refractivity contribution in [2.45, 2.75) is 12.1 Å². The number of rotatable bonds is 3. The minimum Gasteiger partial charge on any atom is -0.346 e. The first kappa shape index (κ1) is 13.0. The highest BCUT2D eigenvalue weighted by molar-refractivity contribution is 5.86. The Hall–Kier alpha value is -2.03. The van der Waals surface area contributed by atoms with Crippen LogP contribution < -0.4 is 5.32 Å². The molecule has 0 saturated carbocycles. The molecule has 1 unspecified atom stereocenters. The Morgan fingerprint density at radius 3 is 2.41 bits per heavy atom. The van der Waals surface area contributed by atoms with E-state index in [-0.39, 0.29) is 0 Å². The zero-order valence-corrected chi connectivity index (χ0v) is 8.66. The number of nitrogens with zero attached hydrogens (tertiary/aromatic N) is 1. The largest absolute Gasteiger partial charge is 0.405 e. The minimum atomic E-state index is -4.48. The van der Waals surface area contributed by atoms with E-state index in [9.17, 15) is 18.0 Å². The molecule has 6 heteroatoms. The van der Waals surface area contributed by atoms with Crippen LogP contribution in [-0.2, 0) is 4.79 Å². The molecule has 1 rings (SSSR count). The van der Waals surface area contributed by atoms with Crippen LogP contribution in [0.3, 0.4) is 0 Å². The molecular weight excluding hydrogens is 233 g/mol. The van der Waals surface area contributed by atoms with E-state index in [1.54, 1.807) is 29.6 Å². The first-order valence-electron chi connectivity index (χ1n) is 4.73. The summed E-state index contributed by atoms with van der Waals surface area (Å²) in [5.74, 6) is -2.17. The molecule has 0 aliphatic heterocycles. The molecule has 0 heterocycles. The number of amides is 1. The van der Waals surface area contributed by atoms with Crippen LogP contribution in [0.15, 0.2) is 30.3 Å². The fourth-order valence-electron chi connectivity index (χ4n) is 1.22. The van der Waals surface area contributed by atoms with Crippen molar-refractivity contribution in [3.63, 3.8) is 0 Å². The highest BCUT2D eigenvalue weighted by Gasteiger charge is 2.29. The van der Waals surface area contributed by atoms with E-state index in [4.69, 9.17) is 5.26 Å². The summed E-state index contributed by atoms with van der Waals surface area (Å²) in [5, 5.41) is 10.5. The van der Waals surface area contributed by atoms with E-state index in [0.717, 1.165) is 0 Å². The Morgan fingerprint density at radius 1 is 1.35 bits per heavy atom. The minimum absolute atomic E-state index is 0.370. The fourth-order valence-corrected chi connectivity index (χ4v) is 1.22. The normalized spacial score (nSPS) is 12.6. The van der Waals surface area contributed by atoms with E-state index >= 15 is 0 Å². The zero-order valence-electron chi connectivity index (χ0n) is 8.66. The van der Waals surface area contributed by atoms with Crippen LogP contribution >= 0.6 is 0 Å². The van der Waals surface area contributed by atoms with Crippen LogP contribution in [0.4, 0.5) is 13.2 Å². The van der Waals surface area contributed by atoms with Gasteiger partial charge in [-0.15, -0.1) is 0 Å². The average molecular weight is 242 g/mol. The van der Waals surface area contributed by atoms with E-state index in [1.807, 2.05) is 0 Å². The van der Waals surface area contributed by atoms with Crippen molar-refractivity contribution >= 4 is 5.91 Å². The number of benzene rings is 1. The number of nitriles is 1. The Kier molecular flexibility index (Phi) is 4.10. The second kappa shape index (κ2) is 5.34. The van der Waals surface area contributed by atoms with Gasteiger partial charge in [0.2, 0.25) is 5.91 Å². The highest BCUT2D eigenvalue weighted by Crippen LogP contribution is 2.16. The van der Waals surface area contributed by atoms with Gasteiger partial charge in [0, 0.05) is 0 Å². The SMILES string of the molecule is N#CC(C(=O)NCC(F)(F)F)c1ccccc1. The van der Waals surface area contributed by atoms with Gasteiger partial charge in [-0.3, -0.25) is 4.79 Å². The Morgan fingerprint density at radius 2 is 1.94 bits per heavy atom. The van der Waals surface area contributed by atoms with Gasteiger partial charge in [0.25, 0.3) is 0 Å². The van der Waals surface area contributed by atoms with Crippen LogP contribution in [0.2, 0.25) is 0 Å². The van der Waals surface area contributed by atoms with Crippen molar-refractivity contribution in [3.8, 4) is 6.07 Å². The van der Waals surface area contributed by atoms with Crippen molar-refractivity contribution in [2.24, 2.45) is 0 Å². The van der Waals surface area contributed by atoms with E-state index < -0.39 is 24.5 Å². The van der Waals surface area contributed by atoms with Gasteiger partial charge in [-0.1, -0.05) is 30.3 Å². The van der Waals surface area contributed by atoms with Gasteiger partial charge >= 0.3 is 6.18 Å². The second-order valence-electron chi connectivity index (χ2n) is 3.31. The fraction of sp³-hybridized carbons (Fsp3) is 0.273. The zero-order chi connectivity index (χ0) is 12.9. The summed E-state index contributed by atoms with van der Waals surface area (Å²) in [6.07, 6.45) is -4.48. The number of nitrogens with one attached hydrogen (secondary N) is 1. The number of alkyl halides is 3. The quantitative estimate of drug-likeness (QED) is 0.881. The lowest BCUT2D eigenvalue weighted by Gasteiger charge is -2.11. The molecule has 3 nitrogen and oxygen atoms in total. The summed E-state index contributed by atoms with van der Waals surface area (Å²) >= 11 is 0. The van der Waals surface area contributed by atoms with Crippen molar-refractivity contribution in [3.05, 3.63) is 35.9 Å². The van der Waals surface area contributed by atoms with Gasteiger partial charge in [0.05, 0.1) is 6.07 Å². The van der Waals surface area contributed by atoms with Crippen LogP contribution in [0, 0.1) is 11.3 Å². The van der Waals surface area contributed by atoms with E-state index in [1.165, 1.54) is 12.1 Å². The molecule has 0 fully saturated rings. The first-order chi connectivity index (χ1) is 7.94. The van der Waals surface area contributed by atoms with Crippen molar-refractivity contribution in [1.29, 1.82) is 5.26 Å². The van der Waals surface area contributed by atoms with Crippen molar-refractivity contribution in [1.82, 2.24) is 5.32 Å². The van der Waals surface area contributed by atoms with Gasteiger partial charge < -0.3 is 5.32 Å². The lowest BCUT2D eigenvalue weighted by Crippen LogP contribution is -2.36. The number of halogens is 3. The smallest absolute Gasteiger partial charge is 0.346 e. The van der Waals surface area contributed by atoms with Crippen LogP contribution in [-0.4, -0.2) is 18.6 Å². The van der Waals surface area contributed by atoms with Gasteiger partial charge in [-0.05, 0) is 5.56 Å². The third-order valence-electron chi connectivity index (χ3n) is 1.99. The molecule has 90 valence electrons. The third-order valence-corrected chi connectivity index (χ3v) is 1.99. The maximum atomic E-state index is 11.9. The number of carbonyl (C=O) groups excluding carboxylic acids is 1. The third kappa shape index (κ3) is 4.15. The average Bonchev–Trinajstić information content (AvgIpc) is 2.28. The highest BCUT2D eigenvalue weighted by atomic mass is 19.4. The molecule has 0 aliphatic carbocycles. The van der Waals surface area contributed by atoms with E-state index in [0.29, 0.717) is 5.56 Å². The molecule has 1 aromatic carbocycles. The summed E-state index contributed by atoms with van der Waals surface area (Å²) in [5.41, 5.74) is 0.370. The van der Waals surface area contributed by atoms with E-state index in [2.05, 4.69) is 0 Å². The Bertz CT molecular complexity index is 423. The summed E-state index contributed by atoms with van der Waals surface area (Å²) in [4.78, 5) is 11.4. The molecule has 1 N–H and O–H groups in total. The molecule has 0 saturated heterocycles. The van der Waals surface area contributed by atoms with Crippen molar-refractivity contribution < 1.29 is 18.0 Å². The first-order valence-corrected chi connectivity index (χ1v) is 4.73. The van der Waals surface area contributed by atoms with Crippen LogP contribution in [0.1, 0.15) is 11.5 Å². The Balaban J connectivity index is 2.70. The summed E-state index contributed by atoms with van der Waals surface area (Å²) in [7, 11) is 0. The van der Waals surface area contributed by atoms with Gasteiger partial charge in [-0.25, -0.2) is 0 Å². The predicted octanol–water partition coefficient (Wildman–Crippen LogP) is 1.97.